The molecule has 284 valence electrons. The molecule has 50 heavy (non-hydrogen) atoms. The molecule has 0 atom stereocenters. The molecule has 4 aromatic rings. The van der Waals surface area contributed by atoms with Gasteiger partial charge in [0.05, 0.1) is 17.4 Å². The summed E-state index contributed by atoms with van der Waals surface area (Å²) < 4.78 is 6.31. The highest BCUT2D eigenvalue weighted by molar-refractivity contribution is 7.49. The third kappa shape index (κ3) is 16.3. The van der Waals surface area contributed by atoms with Crippen molar-refractivity contribution in [1.29, 1.82) is 0 Å². The van der Waals surface area contributed by atoms with Crippen LogP contribution in [0.2, 0.25) is 0 Å². The second kappa shape index (κ2) is 27.2. The Morgan fingerprint density at radius 2 is 0.540 bits per heavy atom. The summed E-state index contributed by atoms with van der Waals surface area (Å²) in [5.41, 5.74) is 0. The molecule has 0 saturated heterocycles. The van der Waals surface area contributed by atoms with E-state index in [1.807, 2.05) is 0 Å². The number of unbranched alkanes of at least 4 members (excludes halogenated alkanes) is 30. The van der Waals surface area contributed by atoms with Gasteiger partial charge in [-0.25, -0.2) is 0 Å². The molecular formula is C46H76S4. The number of aryl methyl sites for hydroxylation is 2. The molecule has 0 radical (unpaired) electrons. The molecule has 0 aliphatic carbocycles. The maximum atomic E-state index is 2.56. The van der Waals surface area contributed by atoms with Gasteiger partial charge in [0.25, 0.3) is 0 Å². The van der Waals surface area contributed by atoms with E-state index < -0.39 is 0 Å². The number of fused-ring (bicyclic) bond motifs is 5. The fraction of sp³-hybridized carbons (Fsp3) is 0.783. The van der Waals surface area contributed by atoms with Gasteiger partial charge in [-0.2, -0.15) is 0 Å². The second-order valence-electron chi connectivity index (χ2n) is 15.8. The first-order valence-electron chi connectivity index (χ1n) is 22.2. The first-order chi connectivity index (χ1) is 24.8. The standard InChI is InChI=1S/C46H76S4/c1-3-5-7-9-11-13-15-17-19-21-23-25-27-29-31-33-35-39-37-41-43-44(49-45(41)47-39)42-38-40(48-46(42)50-43)36-34-32-30-28-26-24-22-20-18-16-14-12-10-8-6-4-2/h37-38H,3-36H2,1-2H3. The minimum Gasteiger partial charge on any atom is -0.129 e. The van der Waals surface area contributed by atoms with Crippen molar-refractivity contribution in [3.8, 4) is 0 Å². The van der Waals surface area contributed by atoms with Crippen LogP contribution >= 0.6 is 45.3 Å². The van der Waals surface area contributed by atoms with E-state index in [1.165, 1.54) is 218 Å². The molecule has 0 aliphatic heterocycles. The van der Waals surface area contributed by atoms with Crippen molar-refractivity contribution in [3.05, 3.63) is 21.9 Å². The third-order valence-electron chi connectivity index (χ3n) is 11.1. The average Bonchev–Trinajstić information content (AvgIpc) is 3.87. The number of hydrogen-bond donors (Lipinski definition) is 0. The van der Waals surface area contributed by atoms with E-state index in [4.69, 9.17) is 0 Å². The van der Waals surface area contributed by atoms with Gasteiger partial charge in [0.1, 0.15) is 0 Å². The fourth-order valence-corrected chi connectivity index (χ4v) is 13.6. The lowest BCUT2D eigenvalue weighted by molar-refractivity contribution is 0.529. The molecule has 0 N–H and O–H groups in total. The Kier molecular flexibility index (Phi) is 23.0. The van der Waals surface area contributed by atoms with Crippen LogP contribution in [-0.4, -0.2) is 0 Å². The van der Waals surface area contributed by atoms with Crippen molar-refractivity contribution in [2.24, 2.45) is 0 Å². The molecule has 4 heteroatoms. The second-order valence-corrected chi connectivity index (χ2v) is 20.6. The lowest BCUT2D eigenvalue weighted by atomic mass is 10.0. The van der Waals surface area contributed by atoms with Crippen LogP contribution in [0.15, 0.2) is 12.1 Å². The van der Waals surface area contributed by atoms with Crippen LogP contribution in [0.3, 0.4) is 0 Å². The van der Waals surface area contributed by atoms with Crippen LogP contribution in [0.1, 0.15) is 229 Å². The summed E-state index contributed by atoms with van der Waals surface area (Å²) in [6.07, 6.45) is 48.9. The quantitative estimate of drug-likeness (QED) is 0.0416. The Balaban J connectivity index is 0.990. The summed E-state index contributed by atoms with van der Waals surface area (Å²) in [4.78, 5) is 3.25. The van der Waals surface area contributed by atoms with Gasteiger partial charge in [-0.05, 0) is 37.8 Å². The van der Waals surface area contributed by atoms with E-state index in [9.17, 15) is 0 Å². The van der Waals surface area contributed by atoms with Gasteiger partial charge in [-0.15, -0.1) is 45.3 Å². The van der Waals surface area contributed by atoms with Crippen LogP contribution in [0.4, 0.5) is 0 Å². The summed E-state index contributed by atoms with van der Waals surface area (Å²) in [5, 5.41) is 3.13. The van der Waals surface area contributed by atoms with Gasteiger partial charge in [0.2, 0.25) is 0 Å². The van der Waals surface area contributed by atoms with E-state index in [-0.39, 0.29) is 0 Å². The molecule has 4 rings (SSSR count). The van der Waals surface area contributed by atoms with E-state index in [2.05, 4.69) is 71.3 Å². The molecule has 0 bridgehead atoms. The van der Waals surface area contributed by atoms with E-state index in [1.54, 1.807) is 38.0 Å². The van der Waals surface area contributed by atoms with Crippen LogP contribution in [-0.2, 0) is 12.8 Å². The summed E-state index contributed by atoms with van der Waals surface area (Å²) in [7, 11) is 0. The molecule has 0 spiro atoms. The number of thiophene rings is 4. The summed E-state index contributed by atoms with van der Waals surface area (Å²) >= 11 is 8.35. The van der Waals surface area contributed by atoms with Crippen molar-refractivity contribution < 1.29 is 0 Å². The van der Waals surface area contributed by atoms with Gasteiger partial charge in [0.15, 0.2) is 0 Å². The largest absolute Gasteiger partial charge is 0.129 e. The topological polar surface area (TPSA) is 0 Å². The number of hydrogen-bond acceptors (Lipinski definition) is 4. The zero-order valence-electron chi connectivity index (χ0n) is 32.8. The average molecular weight is 757 g/mol. The van der Waals surface area contributed by atoms with Crippen LogP contribution < -0.4 is 0 Å². The fourth-order valence-electron chi connectivity index (χ4n) is 7.89. The highest BCUT2D eigenvalue weighted by Gasteiger charge is 2.17. The Morgan fingerprint density at radius 3 is 0.800 bits per heavy atom. The van der Waals surface area contributed by atoms with Crippen LogP contribution in [0.25, 0.3) is 28.2 Å². The van der Waals surface area contributed by atoms with Gasteiger partial charge in [-0.1, -0.05) is 206 Å². The predicted molar refractivity (Wildman–Crippen MR) is 237 cm³/mol. The predicted octanol–water partition coefficient (Wildman–Crippen LogP) is 19.0. The maximum absolute atomic E-state index is 2.56. The van der Waals surface area contributed by atoms with Crippen LogP contribution in [0.5, 0.6) is 0 Å². The minimum atomic E-state index is 1.29. The molecule has 0 saturated carbocycles. The van der Waals surface area contributed by atoms with Crippen molar-refractivity contribution in [1.82, 2.24) is 0 Å². The molecule has 0 unspecified atom stereocenters. The van der Waals surface area contributed by atoms with Crippen molar-refractivity contribution in [3.63, 3.8) is 0 Å². The van der Waals surface area contributed by atoms with Gasteiger partial charge < -0.3 is 0 Å². The van der Waals surface area contributed by atoms with E-state index in [0.29, 0.717) is 0 Å². The van der Waals surface area contributed by atoms with Crippen molar-refractivity contribution in [2.45, 2.75) is 232 Å². The van der Waals surface area contributed by atoms with Gasteiger partial charge in [-0.3, -0.25) is 0 Å². The Morgan fingerprint density at radius 1 is 0.300 bits per heavy atom. The highest BCUT2D eigenvalue weighted by atomic mass is 32.2. The zero-order chi connectivity index (χ0) is 34.9. The molecule has 0 fully saturated rings. The highest BCUT2D eigenvalue weighted by Crippen LogP contribution is 2.49. The van der Waals surface area contributed by atoms with Gasteiger partial charge >= 0.3 is 0 Å². The number of rotatable bonds is 34. The van der Waals surface area contributed by atoms with Crippen molar-refractivity contribution >= 4 is 73.5 Å². The molecular weight excluding hydrogens is 681 g/mol. The lowest BCUT2D eigenvalue weighted by Gasteiger charge is -2.03. The summed E-state index contributed by atoms with van der Waals surface area (Å²) in [6.45, 7) is 4.62. The third-order valence-corrected chi connectivity index (χ3v) is 16.3. The molecule has 4 aromatic heterocycles. The maximum Gasteiger partial charge on any atom is 0.0889 e. The summed E-state index contributed by atoms with van der Waals surface area (Å²) in [5.74, 6) is 0. The molecule has 0 aromatic carbocycles. The summed E-state index contributed by atoms with van der Waals surface area (Å²) in [6, 6.07) is 5.11. The van der Waals surface area contributed by atoms with Gasteiger partial charge in [0, 0.05) is 20.5 Å². The molecule has 0 amide bonds. The molecule has 4 heterocycles. The van der Waals surface area contributed by atoms with Crippen LogP contribution in [0, 0.1) is 0 Å². The normalized spacial score (nSPS) is 12.1. The Bertz CT molecular complexity index is 1260. The SMILES string of the molecule is CCCCCCCCCCCCCCCCCCc1cc2c(s1)sc1c3cc(CCCCCCCCCCCCCCCCCC)sc3sc21. The first-order valence-corrected chi connectivity index (χ1v) is 25.4. The Hall–Kier alpha value is -0.420. The lowest BCUT2D eigenvalue weighted by Crippen LogP contribution is -1.85. The smallest absolute Gasteiger partial charge is 0.0889 e. The van der Waals surface area contributed by atoms with E-state index in [0.717, 1.165) is 0 Å². The molecule has 0 nitrogen and oxygen atoms in total. The monoisotopic (exact) mass is 756 g/mol. The van der Waals surface area contributed by atoms with Crippen molar-refractivity contribution in [2.75, 3.05) is 0 Å². The molecule has 0 aliphatic rings. The zero-order valence-corrected chi connectivity index (χ0v) is 36.1. The minimum absolute atomic E-state index is 1.29. The Labute approximate surface area is 325 Å². The van der Waals surface area contributed by atoms with E-state index >= 15 is 0 Å². The first kappa shape index (κ1) is 42.3.